The summed E-state index contributed by atoms with van der Waals surface area (Å²) in [7, 11) is 0. The van der Waals surface area contributed by atoms with E-state index in [4.69, 9.17) is 5.73 Å². The molecule has 12 nitrogen and oxygen atoms in total. The number of rotatable bonds is 16. The molecule has 0 aromatic heterocycles. The maximum absolute atomic E-state index is 13.2. The lowest BCUT2D eigenvalue weighted by atomic mass is 9.86. The van der Waals surface area contributed by atoms with Gasteiger partial charge in [0.25, 0.3) is 0 Å². The van der Waals surface area contributed by atoms with Gasteiger partial charge < -0.3 is 37.2 Å². The second-order valence-electron chi connectivity index (χ2n) is 11.4. The highest BCUT2D eigenvalue weighted by atomic mass is 35.5. The molecular weight excluding hydrogens is 622 g/mol. The van der Waals surface area contributed by atoms with Gasteiger partial charge in [-0.15, -0.1) is 12.4 Å². The van der Waals surface area contributed by atoms with Gasteiger partial charge in [0.1, 0.15) is 17.8 Å². The zero-order chi connectivity index (χ0) is 32.9. The maximum Gasteiger partial charge on any atom is 0.326 e. The molecule has 0 heterocycles. The molecule has 0 saturated heterocycles. The summed E-state index contributed by atoms with van der Waals surface area (Å²) in [5.41, 5.74) is 8.40. The summed E-state index contributed by atoms with van der Waals surface area (Å²) in [4.78, 5) is 62.2. The van der Waals surface area contributed by atoms with Crippen LogP contribution in [0.5, 0.6) is 5.75 Å². The Kier molecular flexibility index (Phi) is 16.4. The number of amides is 4. The first-order chi connectivity index (χ1) is 20.7. The van der Waals surface area contributed by atoms with Crippen molar-refractivity contribution < 1.29 is 34.2 Å². The average Bonchev–Trinajstić information content (AvgIpc) is 2.97. The van der Waals surface area contributed by atoms with Crippen LogP contribution in [0.2, 0.25) is 0 Å². The third-order valence-electron chi connectivity index (χ3n) is 6.73. The van der Waals surface area contributed by atoms with Crippen molar-refractivity contribution in [3.63, 3.8) is 0 Å². The molecule has 0 saturated carbocycles. The zero-order valence-electron chi connectivity index (χ0n) is 25.9. The molecule has 0 unspecified atom stereocenters. The van der Waals surface area contributed by atoms with Crippen molar-refractivity contribution in [1.29, 1.82) is 0 Å². The molecule has 0 aliphatic heterocycles. The summed E-state index contributed by atoms with van der Waals surface area (Å²) in [5, 5.41) is 28.8. The molecule has 45 heavy (non-hydrogen) atoms. The van der Waals surface area contributed by atoms with Crippen molar-refractivity contribution in [3.05, 3.63) is 65.2 Å². The third-order valence-corrected chi connectivity index (χ3v) is 7.38. The minimum atomic E-state index is -1.18. The van der Waals surface area contributed by atoms with Crippen molar-refractivity contribution in [2.75, 3.05) is 25.1 Å². The number of thioether (sulfide) groups is 1. The Hall–Kier alpha value is -3.81. The molecule has 0 aliphatic rings. The average molecular weight is 666 g/mol. The SMILES string of the molecule is CSCC[C@H](NC(=O)[C@H](Cc1ccc(C(C)(C)C)cc1)NC(=O)CNC(=O)CNC(=O)[C@@H](N)Cc1ccc(O)cc1)C(=O)O.Cl. The van der Waals surface area contributed by atoms with Crippen LogP contribution >= 0.6 is 24.2 Å². The number of hydrogen-bond donors (Lipinski definition) is 7. The number of hydrogen-bond acceptors (Lipinski definition) is 8. The number of phenols is 1. The van der Waals surface area contributed by atoms with Crippen molar-refractivity contribution in [2.45, 2.75) is 63.6 Å². The molecule has 3 atom stereocenters. The number of benzene rings is 2. The summed E-state index contributed by atoms with van der Waals surface area (Å²) in [5.74, 6) is -3.11. The molecule has 0 aliphatic carbocycles. The van der Waals surface area contributed by atoms with Gasteiger partial charge in [-0.1, -0.05) is 57.2 Å². The fourth-order valence-electron chi connectivity index (χ4n) is 4.12. The molecule has 4 amide bonds. The summed E-state index contributed by atoms with van der Waals surface area (Å²) < 4.78 is 0. The van der Waals surface area contributed by atoms with Crippen molar-refractivity contribution in [2.24, 2.45) is 5.73 Å². The van der Waals surface area contributed by atoms with Gasteiger partial charge in [0.15, 0.2) is 0 Å². The smallest absolute Gasteiger partial charge is 0.326 e. The lowest BCUT2D eigenvalue weighted by Crippen LogP contribution is -2.54. The van der Waals surface area contributed by atoms with E-state index in [9.17, 15) is 34.2 Å². The van der Waals surface area contributed by atoms with Crippen LogP contribution < -0.4 is 27.0 Å². The van der Waals surface area contributed by atoms with Gasteiger partial charge in [-0.05, 0) is 59.1 Å². The molecule has 2 rings (SSSR count). The van der Waals surface area contributed by atoms with E-state index in [1.54, 1.807) is 12.1 Å². The standard InChI is InChI=1S/C31H43N5O7S.ClH/c1-31(2,3)21-9-5-20(6-10-21)16-25(29(41)36-24(30(42)43)13-14-44-4)35-27(39)18-33-26(38)17-34-28(40)23(32)15-19-7-11-22(37)12-8-19;/h5-12,23-25,37H,13-18,32H2,1-4H3,(H,33,38)(H,34,40)(H,35,39)(H,36,41)(H,42,43);1H/t23-,24-,25-;/m0./s1. The predicted molar refractivity (Wildman–Crippen MR) is 176 cm³/mol. The highest BCUT2D eigenvalue weighted by molar-refractivity contribution is 7.98. The monoisotopic (exact) mass is 665 g/mol. The first-order valence-corrected chi connectivity index (χ1v) is 15.6. The van der Waals surface area contributed by atoms with Crippen molar-refractivity contribution in [3.8, 4) is 5.75 Å². The second-order valence-corrected chi connectivity index (χ2v) is 12.4. The Morgan fingerprint density at radius 1 is 0.800 bits per heavy atom. The first kappa shape index (κ1) is 39.2. The summed E-state index contributed by atoms with van der Waals surface area (Å²) in [6.45, 7) is 5.33. The number of aliphatic carboxylic acids is 1. The van der Waals surface area contributed by atoms with Crippen molar-refractivity contribution in [1.82, 2.24) is 21.3 Å². The lowest BCUT2D eigenvalue weighted by Gasteiger charge is -2.23. The Morgan fingerprint density at radius 3 is 1.91 bits per heavy atom. The van der Waals surface area contributed by atoms with E-state index in [1.165, 1.54) is 23.9 Å². The third kappa shape index (κ3) is 14.2. The summed E-state index contributed by atoms with van der Waals surface area (Å²) in [6, 6.07) is 10.6. The topological polar surface area (TPSA) is 200 Å². The number of nitrogens with one attached hydrogen (secondary N) is 4. The number of nitrogens with two attached hydrogens (primary N) is 1. The normalized spacial score (nSPS) is 12.9. The number of halogens is 1. The Morgan fingerprint density at radius 2 is 1.36 bits per heavy atom. The van der Waals surface area contributed by atoms with Gasteiger partial charge in [-0.25, -0.2) is 4.79 Å². The molecule has 8 N–H and O–H groups in total. The number of carbonyl (C=O) groups is 5. The van der Waals surface area contributed by atoms with E-state index in [2.05, 4.69) is 42.0 Å². The number of phenolic OH excluding ortho intramolecular Hbond substituents is 1. The van der Waals surface area contributed by atoms with Crippen LogP contribution in [0, 0.1) is 0 Å². The second kappa shape index (κ2) is 18.9. The van der Waals surface area contributed by atoms with E-state index >= 15 is 0 Å². The first-order valence-electron chi connectivity index (χ1n) is 14.2. The van der Waals surface area contributed by atoms with Gasteiger partial charge in [0.2, 0.25) is 23.6 Å². The number of aromatic hydroxyl groups is 1. The van der Waals surface area contributed by atoms with Gasteiger partial charge in [0.05, 0.1) is 19.1 Å². The van der Waals surface area contributed by atoms with E-state index < -0.39 is 60.8 Å². The van der Waals surface area contributed by atoms with Crippen LogP contribution in [-0.2, 0) is 42.2 Å². The molecular formula is C31H44ClN5O7S. The van der Waals surface area contributed by atoms with Crippen LogP contribution in [0.4, 0.5) is 0 Å². The molecule has 0 spiro atoms. The van der Waals surface area contributed by atoms with E-state index in [0.29, 0.717) is 5.75 Å². The predicted octanol–water partition coefficient (Wildman–Crippen LogP) is 1.26. The molecule has 2 aromatic carbocycles. The minimum Gasteiger partial charge on any atom is -0.508 e. The van der Waals surface area contributed by atoms with Crippen LogP contribution in [0.15, 0.2) is 48.5 Å². The quantitative estimate of drug-likeness (QED) is 0.138. The highest BCUT2D eigenvalue weighted by Crippen LogP contribution is 2.22. The number of carbonyl (C=O) groups excluding carboxylic acids is 4. The van der Waals surface area contributed by atoms with Crippen molar-refractivity contribution >= 4 is 53.8 Å². The molecule has 0 radical (unpaired) electrons. The Labute approximate surface area is 274 Å². The van der Waals surface area contributed by atoms with E-state index in [-0.39, 0.29) is 42.8 Å². The van der Waals surface area contributed by atoms with E-state index in [1.807, 2.05) is 30.5 Å². The van der Waals surface area contributed by atoms with E-state index in [0.717, 1.165) is 16.7 Å². The van der Waals surface area contributed by atoms with Crippen LogP contribution in [0.3, 0.4) is 0 Å². The fourth-order valence-corrected chi connectivity index (χ4v) is 4.59. The number of carboxylic acid groups (broad SMARTS) is 1. The molecule has 2 aromatic rings. The summed E-state index contributed by atoms with van der Waals surface area (Å²) in [6.07, 6.45) is 2.33. The largest absolute Gasteiger partial charge is 0.508 e. The van der Waals surface area contributed by atoms with Crippen LogP contribution in [-0.4, -0.2) is 83.0 Å². The van der Waals surface area contributed by atoms with Gasteiger partial charge >= 0.3 is 5.97 Å². The molecule has 248 valence electrons. The minimum absolute atomic E-state index is 0. The van der Waals surface area contributed by atoms with Crippen LogP contribution in [0.1, 0.15) is 43.9 Å². The zero-order valence-corrected chi connectivity index (χ0v) is 27.6. The summed E-state index contributed by atoms with van der Waals surface area (Å²) >= 11 is 1.45. The number of carboxylic acids is 1. The Bertz CT molecular complexity index is 1290. The van der Waals surface area contributed by atoms with Gasteiger partial charge in [-0.2, -0.15) is 11.8 Å². The molecule has 0 bridgehead atoms. The van der Waals surface area contributed by atoms with Crippen LogP contribution in [0.25, 0.3) is 0 Å². The Balaban J connectivity index is 0.0000101. The molecule has 14 heteroatoms. The highest BCUT2D eigenvalue weighted by Gasteiger charge is 2.27. The van der Waals surface area contributed by atoms with Gasteiger partial charge in [0, 0.05) is 6.42 Å². The fraction of sp³-hybridized carbons (Fsp3) is 0.452. The van der Waals surface area contributed by atoms with Gasteiger partial charge in [-0.3, -0.25) is 19.2 Å². The maximum atomic E-state index is 13.2. The lowest BCUT2D eigenvalue weighted by molar-refractivity contribution is -0.142. The molecule has 0 fully saturated rings.